The molecule has 3 rings (SSSR count). The van der Waals surface area contributed by atoms with Crippen LogP contribution in [0.15, 0.2) is 30.1 Å². The van der Waals surface area contributed by atoms with Crippen molar-refractivity contribution in [3.05, 3.63) is 30.1 Å². The number of anilines is 1. The van der Waals surface area contributed by atoms with E-state index in [-0.39, 0.29) is 11.5 Å². The van der Waals surface area contributed by atoms with E-state index in [0.717, 1.165) is 0 Å². The van der Waals surface area contributed by atoms with Crippen molar-refractivity contribution in [3.63, 3.8) is 0 Å². The van der Waals surface area contributed by atoms with Crippen molar-refractivity contribution < 1.29 is 19.7 Å². The van der Waals surface area contributed by atoms with Gasteiger partial charge in [0, 0.05) is 13.3 Å². The molecular weight excluding hydrogens is 264 g/mol. The highest BCUT2D eigenvalue weighted by Gasteiger charge is 2.39. The number of aliphatic hydroxyl groups excluding tert-OH is 2. The molecule has 0 spiro atoms. The van der Waals surface area contributed by atoms with Crippen molar-refractivity contribution in [2.75, 3.05) is 19.5 Å². The van der Waals surface area contributed by atoms with Gasteiger partial charge in [-0.15, -0.1) is 0 Å². The molecule has 0 aliphatic carbocycles. The first-order valence-corrected chi connectivity index (χ1v) is 5.96. The van der Waals surface area contributed by atoms with E-state index < -0.39 is 18.9 Å². The van der Waals surface area contributed by atoms with Crippen LogP contribution < -0.4 is 5.73 Å². The molecule has 0 aromatic carbocycles. The minimum Gasteiger partial charge on any atom is -0.506 e. The van der Waals surface area contributed by atoms with Crippen molar-refractivity contribution >= 4 is 16.9 Å². The van der Waals surface area contributed by atoms with Crippen LogP contribution in [0.5, 0.6) is 0 Å². The number of rotatable bonds is 3. The molecule has 2 atom stereocenters. The van der Waals surface area contributed by atoms with Crippen molar-refractivity contribution in [1.82, 2.24) is 14.5 Å². The first-order valence-electron chi connectivity index (χ1n) is 5.96. The number of ether oxygens (including phenoxy) is 2. The van der Waals surface area contributed by atoms with E-state index in [4.69, 9.17) is 20.3 Å². The summed E-state index contributed by atoms with van der Waals surface area (Å²) in [4.78, 5) is 8.08. The van der Waals surface area contributed by atoms with Crippen LogP contribution in [-0.2, 0) is 9.47 Å². The normalized spacial score (nSPS) is 22.5. The van der Waals surface area contributed by atoms with Crippen LogP contribution >= 0.6 is 0 Å². The fourth-order valence-electron chi connectivity index (χ4n) is 2.31. The van der Waals surface area contributed by atoms with Crippen LogP contribution in [-0.4, -0.2) is 44.6 Å². The lowest BCUT2D eigenvalue weighted by molar-refractivity contribution is -0.0326. The van der Waals surface area contributed by atoms with E-state index in [2.05, 4.69) is 9.97 Å². The number of aliphatic hydroxyl groups is 2. The summed E-state index contributed by atoms with van der Waals surface area (Å²) in [6.07, 6.45) is 1.70. The summed E-state index contributed by atoms with van der Waals surface area (Å²) < 4.78 is 12.4. The number of hydrogen-bond donors (Lipinski definition) is 3. The molecule has 0 radical (unpaired) electrons. The molecule has 2 aromatic heterocycles. The molecule has 0 saturated heterocycles. The minimum atomic E-state index is -0.719. The highest BCUT2D eigenvalue weighted by atomic mass is 16.6. The fraction of sp³-hybridized carbons (Fsp3) is 0.333. The van der Waals surface area contributed by atoms with Crippen LogP contribution in [0.1, 0.15) is 6.23 Å². The van der Waals surface area contributed by atoms with E-state index in [1.807, 2.05) is 0 Å². The van der Waals surface area contributed by atoms with Gasteiger partial charge < -0.3 is 25.4 Å². The van der Waals surface area contributed by atoms with E-state index >= 15 is 0 Å². The number of methoxy groups -OCH3 is 1. The Kier molecular flexibility index (Phi) is 2.96. The Morgan fingerprint density at radius 1 is 1.50 bits per heavy atom. The topological polar surface area (TPSA) is 116 Å². The van der Waals surface area contributed by atoms with Crippen LogP contribution in [0.25, 0.3) is 11.0 Å². The Balaban J connectivity index is 2.06. The van der Waals surface area contributed by atoms with Crippen LogP contribution in [0.2, 0.25) is 0 Å². The van der Waals surface area contributed by atoms with Crippen LogP contribution in [0, 0.1) is 0 Å². The first-order chi connectivity index (χ1) is 9.67. The van der Waals surface area contributed by atoms with Crippen molar-refractivity contribution in [2.24, 2.45) is 0 Å². The lowest BCUT2D eigenvalue weighted by Crippen LogP contribution is -2.24. The summed E-state index contributed by atoms with van der Waals surface area (Å²) in [5.41, 5.74) is 6.35. The van der Waals surface area contributed by atoms with E-state index in [0.29, 0.717) is 16.9 Å². The zero-order valence-electron chi connectivity index (χ0n) is 10.7. The maximum absolute atomic E-state index is 9.94. The molecule has 0 amide bonds. The summed E-state index contributed by atoms with van der Waals surface area (Å²) in [7, 11) is 1.45. The standard InChI is InChI=1S/C12H14N4O4/c1-19-9-8(18)7(4-17)20-12(9)16-3-2-6-10(13)14-5-15-11(6)16/h2-3,5,9,12,17-18H,4H2,1H3,(H2,13,14,15)/t9?,12-/m1/s1. The van der Waals surface area contributed by atoms with Gasteiger partial charge in [-0.25, -0.2) is 9.97 Å². The molecule has 1 aliphatic rings. The Bertz CT molecular complexity index is 681. The lowest BCUT2D eigenvalue weighted by atomic mass is 10.2. The molecular formula is C12H14N4O4. The Morgan fingerprint density at radius 2 is 2.30 bits per heavy atom. The number of hydrogen-bond acceptors (Lipinski definition) is 7. The van der Waals surface area contributed by atoms with Gasteiger partial charge in [-0.2, -0.15) is 0 Å². The molecule has 0 saturated carbocycles. The highest BCUT2D eigenvalue weighted by molar-refractivity contribution is 5.86. The SMILES string of the molecule is COC1C(O)=C(CO)O[C@H]1n1ccc2c(N)ncnc21. The number of fused-ring (bicyclic) bond motifs is 1. The summed E-state index contributed by atoms with van der Waals surface area (Å²) in [6.45, 7) is -0.404. The van der Waals surface area contributed by atoms with Crippen molar-refractivity contribution in [3.8, 4) is 0 Å². The molecule has 2 aromatic rings. The fourth-order valence-corrected chi connectivity index (χ4v) is 2.31. The Morgan fingerprint density at radius 3 is 3.00 bits per heavy atom. The minimum absolute atomic E-state index is 0.0886. The molecule has 0 fully saturated rings. The van der Waals surface area contributed by atoms with Crippen molar-refractivity contribution in [2.45, 2.75) is 12.3 Å². The van der Waals surface area contributed by atoms with Crippen molar-refractivity contribution in [1.29, 1.82) is 0 Å². The van der Waals surface area contributed by atoms with Gasteiger partial charge in [0.1, 0.15) is 24.4 Å². The Hall–Kier alpha value is -2.32. The molecule has 4 N–H and O–H groups in total. The third kappa shape index (κ3) is 1.69. The maximum atomic E-state index is 9.94. The number of nitrogens with two attached hydrogens (primary N) is 1. The third-order valence-electron chi connectivity index (χ3n) is 3.29. The Labute approximate surface area is 114 Å². The largest absolute Gasteiger partial charge is 0.506 e. The summed E-state index contributed by atoms with van der Waals surface area (Å²) >= 11 is 0. The molecule has 8 nitrogen and oxygen atoms in total. The second-order valence-electron chi connectivity index (χ2n) is 4.35. The maximum Gasteiger partial charge on any atom is 0.210 e. The van der Waals surface area contributed by atoms with Gasteiger partial charge in [-0.05, 0) is 6.07 Å². The quantitative estimate of drug-likeness (QED) is 0.740. The van der Waals surface area contributed by atoms with Gasteiger partial charge in [0.2, 0.25) is 6.23 Å². The molecule has 3 heterocycles. The smallest absolute Gasteiger partial charge is 0.210 e. The molecule has 106 valence electrons. The van der Waals surface area contributed by atoms with E-state index in [9.17, 15) is 5.11 Å². The molecule has 1 unspecified atom stereocenters. The summed E-state index contributed by atoms with van der Waals surface area (Å²) in [5.74, 6) is 0.329. The van der Waals surface area contributed by atoms with Gasteiger partial charge in [0.25, 0.3) is 0 Å². The van der Waals surface area contributed by atoms with Gasteiger partial charge in [0.15, 0.2) is 17.6 Å². The number of aromatic nitrogens is 3. The van der Waals surface area contributed by atoms with Gasteiger partial charge >= 0.3 is 0 Å². The average molecular weight is 278 g/mol. The molecule has 1 aliphatic heterocycles. The number of nitrogens with zero attached hydrogens (tertiary/aromatic N) is 3. The average Bonchev–Trinajstić information content (AvgIpc) is 3.00. The summed E-state index contributed by atoms with van der Waals surface area (Å²) in [5, 5.41) is 19.8. The van der Waals surface area contributed by atoms with Gasteiger partial charge in [-0.3, -0.25) is 4.57 Å². The zero-order chi connectivity index (χ0) is 14.3. The zero-order valence-corrected chi connectivity index (χ0v) is 10.7. The second kappa shape index (κ2) is 4.66. The van der Waals surface area contributed by atoms with Crippen LogP contribution in [0.4, 0.5) is 5.82 Å². The lowest BCUT2D eigenvalue weighted by Gasteiger charge is -2.20. The van der Waals surface area contributed by atoms with E-state index in [1.165, 1.54) is 13.4 Å². The second-order valence-corrected chi connectivity index (χ2v) is 4.35. The molecule has 8 heteroatoms. The highest BCUT2D eigenvalue weighted by Crippen LogP contribution is 2.35. The monoisotopic (exact) mass is 278 g/mol. The number of nitrogen functional groups attached to an aromatic ring is 1. The van der Waals surface area contributed by atoms with Gasteiger partial charge in [0.05, 0.1) is 5.39 Å². The first kappa shape index (κ1) is 12.7. The van der Waals surface area contributed by atoms with E-state index in [1.54, 1.807) is 16.8 Å². The predicted molar refractivity (Wildman–Crippen MR) is 69.6 cm³/mol. The van der Waals surface area contributed by atoms with Crippen LogP contribution in [0.3, 0.4) is 0 Å². The molecule has 0 bridgehead atoms. The summed E-state index contributed by atoms with van der Waals surface area (Å²) in [6, 6.07) is 1.76. The molecule has 20 heavy (non-hydrogen) atoms. The predicted octanol–water partition coefficient (Wildman–Crippen LogP) is 0.319. The third-order valence-corrected chi connectivity index (χ3v) is 3.29. The van der Waals surface area contributed by atoms with Gasteiger partial charge in [-0.1, -0.05) is 0 Å².